The van der Waals surface area contributed by atoms with E-state index in [1.807, 2.05) is 12.3 Å². The molecule has 6 heteroatoms. The summed E-state index contributed by atoms with van der Waals surface area (Å²) in [5, 5.41) is 2.23. The molecule has 0 N–H and O–H groups in total. The summed E-state index contributed by atoms with van der Waals surface area (Å²) in [5.41, 5.74) is 15.8. The fourth-order valence-corrected chi connectivity index (χ4v) is 9.59. The van der Waals surface area contributed by atoms with Crippen molar-refractivity contribution in [3.63, 3.8) is 0 Å². The number of anilines is 4. The number of benzene rings is 7. The monoisotopic (exact) mass is 1070 g/mol. The number of rotatable bonds is 9. The van der Waals surface area contributed by atoms with Crippen molar-refractivity contribution < 1.29 is 25.8 Å². The maximum atomic E-state index is 7.04. The molecule has 0 spiro atoms. The van der Waals surface area contributed by atoms with Crippen LogP contribution in [0.1, 0.15) is 103 Å². The second-order valence-electron chi connectivity index (χ2n) is 20.6. The van der Waals surface area contributed by atoms with Gasteiger partial charge in [-0.25, -0.2) is 4.98 Å². The number of para-hydroxylation sites is 3. The topological polar surface area (TPSA) is 33.5 Å². The van der Waals surface area contributed by atoms with Gasteiger partial charge in [-0.1, -0.05) is 166 Å². The molecule has 0 radical (unpaired) electrons. The molecule has 0 atom stereocenters. The van der Waals surface area contributed by atoms with E-state index in [2.05, 4.69) is 248 Å². The van der Waals surface area contributed by atoms with Crippen molar-refractivity contribution in [1.82, 2.24) is 9.55 Å². The van der Waals surface area contributed by atoms with Crippen LogP contribution in [0.3, 0.4) is 0 Å². The molecule has 0 aliphatic carbocycles. The Labute approximate surface area is 417 Å². The maximum Gasteiger partial charge on any atom is 0.135 e. The number of aromatic nitrogens is 2. The van der Waals surface area contributed by atoms with E-state index in [0.717, 1.165) is 55.9 Å². The molecule has 0 saturated heterocycles. The summed E-state index contributed by atoms with van der Waals surface area (Å²) in [4.78, 5) is 9.54. The fraction of sp³-hybridized carbons (Fsp3) is 0.226. The molecule has 10 rings (SSSR count). The molecule has 0 saturated carbocycles. The van der Waals surface area contributed by atoms with Gasteiger partial charge in [0.15, 0.2) is 0 Å². The average molecular weight is 1070 g/mol. The first kappa shape index (κ1) is 46.7. The first-order valence-corrected chi connectivity index (χ1v) is 23.7. The quantitative estimate of drug-likeness (QED) is 0.135. The Morgan fingerprint density at radius 2 is 1.19 bits per heavy atom. The Kier molecular flexibility index (Phi) is 12.5. The van der Waals surface area contributed by atoms with Crippen LogP contribution < -0.4 is 14.5 Å². The number of nitrogens with zero attached hydrogens (tertiary/aromatic N) is 4. The van der Waals surface area contributed by atoms with Crippen molar-refractivity contribution in [2.24, 2.45) is 0 Å². The molecule has 3 heterocycles. The molecule has 2 aromatic heterocycles. The standard InChI is InChI=1S/C62H59N4O.Pt/c1-40(2)49-22-18-23-50(41(3)4)60(49)43-33-46(64-39-65(56-26-17-16-25-55(56)64)57-35-44(61(5,6)7)27-29-51(57)42-19-12-11-13-20-42)37-48(34-43)67-47-28-30-53-52-21-14-15-24-54(52)66(58(53)38-47)59-36-45(31-32-63-59)62(8,9)10;/h11-36,39-41H,1-10H3;/q-3;. The second kappa shape index (κ2) is 18.2. The summed E-state index contributed by atoms with van der Waals surface area (Å²) >= 11 is 0. The number of ether oxygens (including phenoxy) is 1. The van der Waals surface area contributed by atoms with E-state index in [1.54, 1.807) is 0 Å². The van der Waals surface area contributed by atoms with Crippen LogP contribution in [0.25, 0.3) is 49.9 Å². The van der Waals surface area contributed by atoms with Gasteiger partial charge in [-0.2, -0.15) is 6.07 Å². The van der Waals surface area contributed by atoms with Gasteiger partial charge in [-0.05, 0) is 97.8 Å². The van der Waals surface area contributed by atoms with Gasteiger partial charge in [0.05, 0.1) is 0 Å². The Bertz CT molecular complexity index is 3270. The van der Waals surface area contributed by atoms with Gasteiger partial charge in [0.1, 0.15) is 5.82 Å². The van der Waals surface area contributed by atoms with E-state index in [0.29, 0.717) is 23.3 Å². The van der Waals surface area contributed by atoms with Crippen LogP contribution in [0.2, 0.25) is 0 Å². The fourth-order valence-electron chi connectivity index (χ4n) is 9.59. The molecule has 346 valence electrons. The van der Waals surface area contributed by atoms with Gasteiger partial charge >= 0.3 is 0 Å². The van der Waals surface area contributed by atoms with Crippen molar-refractivity contribution >= 4 is 44.6 Å². The van der Waals surface area contributed by atoms with Crippen molar-refractivity contribution in [3.8, 4) is 39.6 Å². The first-order valence-electron chi connectivity index (χ1n) is 23.7. The zero-order chi connectivity index (χ0) is 46.8. The van der Waals surface area contributed by atoms with Gasteiger partial charge in [-0.3, -0.25) is 0 Å². The summed E-state index contributed by atoms with van der Waals surface area (Å²) in [6.45, 7) is 24.9. The van der Waals surface area contributed by atoms with Crippen molar-refractivity contribution in [2.75, 3.05) is 9.80 Å². The van der Waals surface area contributed by atoms with Crippen LogP contribution in [-0.4, -0.2) is 9.55 Å². The van der Waals surface area contributed by atoms with E-state index < -0.39 is 0 Å². The maximum absolute atomic E-state index is 7.04. The van der Waals surface area contributed by atoms with Crippen molar-refractivity contribution in [2.45, 2.75) is 91.9 Å². The Morgan fingerprint density at radius 1 is 0.544 bits per heavy atom. The Balaban J connectivity index is 0.00000578. The molecule has 0 unspecified atom stereocenters. The Morgan fingerprint density at radius 3 is 1.88 bits per heavy atom. The summed E-state index contributed by atoms with van der Waals surface area (Å²) in [5.74, 6) is 2.66. The second-order valence-corrected chi connectivity index (χ2v) is 20.6. The Hall–Kier alpha value is -6.42. The third kappa shape index (κ3) is 8.67. The first-order chi connectivity index (χ1) is 32.1. The molecule has 1 aliphatic heterocycles. The van der Waals surface area contributed by atoms with Gasteiger partial charge in [-0.15, -0.1) is 53.6 Å². The minimum absolute atomic E-state index is 0. The van der Waals surface area contributed by atoms with E-state index in [9.17, 15) is 0 Å². The summed E-state index contributed by atoms with van der Waals surface area (Å²) < 4.78 is 9.26. The van der Waals surface area contributed by atoms with E-state index >= 15 is 0 Å². The van der Waals surface area contributed by atoms with Gasteiger partial charge in [0.25, 0.3) is 0 Å². The van der Waals surface area contributed by atoms with Crippen LogP contribution in [0, 0.1) is 18.8 Å². The molecule has 7 aromatic carbocycles. The van der Waals surface area contributed by atoms with Gasteiger partial charge in [0.2, 0.25) is 0 Å². The predicted octanol–water partition coefficient (Wildman–Crippen LogP) is 17.2. The normalized spacial score (nSPS) is 12.9. The van der Waals surface area contributed by atoms with Crippen LogP contribution in [-0.2, 0) is 31.9 Å². The SMILES string of the molecule is CC(C)c1cccc(C(C)C)c1-c1cc(Oc2[c-]c3c(cc2)c2ccccc2n3-c2cc(C(C)(C)C)ccn2)[c-]c(N2[CH-]N(c3cc(C(C)(C)C)ccc3-c3ccccc3)c3ccccc32)c1.[Pt]. The van der Waals surface area contributed by atoms with Gasteiger partial charge in [0, 0.05) is 66.9 Å². The van der Waals surface area contributed by atoms with Crippen LogP contribution >= 0.6 is 0 Å². The molecule has 0 fully saturated rings. The predicted molar refractivity (Wildman–Crippen MR) is 281 cm³/mol. The smallest absolute Gasteiger partial charge is 0.135 e. The van der Waals surface area contributed by atoms with Crippen LogP contribution in [0.15, 0.2) is 158 Å². The largest absolute Gasteiger partial charge is 0.509 e. The summed E-state index contributed by atoms with van der Waals surface area (Å²) in [6.07, 6.45) is 1.91. The molecule has 68 heavy (non-hydrogen) atoms. The molecular weight excluding hydrogens is 1010 g/mol. The molecule has 1 aliphatic rings. The van der Waals surface area contributed by atoms with E-state index in [4.69, 9.17) is 9.72 Å². The number of hydrogen-bond acceptors (Lipinski definition) is 4. The number of hydrogen-bond donors (Lipinski definition) is 0. The molecule has 9 aromatic rings. The van der Waals surface area contributed by atoms with Crippen molar-refractivity contribution in [3.05, 3.63) is 199 Å². The third-order valence-electron chi connectivity index (χ3n) is 13.2. The zero-order valence-corrected chi connectivity index (χ0v) is 43.0. The van der Waals surface area contributed by atoms with Crippen molar-refractivity contribution in [1.29, 1.82) is 0 Å². The van der Waals surface area contributed by atoms with Gasteiger partial charge < -0.3 is 19.1 Å². The number of pyridine rings is 1. The molecular formula is C62H59N4OPt-3. The molecule has 5 nitrogen and oxygen atoms in total. The van der Waals surface area contributed by atoms with Crippen LogP contribution in [0.5, 0.6) is 11.5 Å². The van der Waals surface area contributed by atoms with E-state index in [1.165, 1.54) is 38.9 Å². The summed E-state index contributed by atoms with van der Waals surface area (Å²) in [6, 6.07) is 62.0. The zero-order valence-electron chi connectivity index (χ0n) is 40.8. The molecule has 0 bridgehead atoms. The van der Waals surface area contributed by atoms with Crippen LogP contribution in [0.4, 0.5) is 22.7 Å². The number of fused-ring (bicyclic) bond motifs is 4. The molecule has 0 amide bonds. The average Bonchev–Trinajstić information content (AvgIpc) is 3.87. The minimum Gasteiger partial charge on any atom is -0.509 e. The third-order valence-corrected chi connectivity index (χ3v) is 13.2. The van der Waals surface area contributed by atoms with E-state index in [-0.39, 0.29) is 31.9 Å². The minimum atomic E-state index is -0.0451. The summed E-state index contributed by atoms with van der Waals surface area (Å²) in [7, 11) is 0.